The van der Waals surface area contributed by atoms with Gasteiger partial charge in [-0.15, -0.1) is 0 Å². The van der Waals surface area contributed by atoms with E-state index < -0.39 is 0 Å². The molecule has 0 saturated heterocycles. The SMILES string of the molecule is CC(C)CN(CC(C)C)C1CCC(OC2CCC([O])CC2)CC1. The molecule has 23 heavy (non-hydrogen) atoms. The Balaban J connectivity index is 1.75. The van der Waals surface area contributed by atoms with E-state index in [-0.39, 0.29) is 6.10 Å². The maximum absolute atomic E-state index is 11.4. The molecule has 0 atom stereocenters. The van der Waals surface area contributed by atoms with Crippen molar-refractivity contribution in [1.29, 1.82) is 0 Å². The van der Waals surface area contributed by atoms with Crippen LogP contribution in [0, 0.1) is 11.8 Å². The van der Waals surface area contributed by atoms with Crippen molar-refractivity contribution in [2.24, 2.45) is 11.8 Å². The van der Waals surface area contributed by atoms with Crippen LogP contribution in [0.15, 0.2) is 0 Å². The number of ether oxygens (including phenoxy) is 1. The summed E-state index contributed by atoms with van der Waals surface area (Å²) in [4.78, 5) is 2.73. The van der Waals surface area contributed by atoms with E-state index in [0.717, 1.165) is 43.6 Å². The summed E-state index contributed by atoms with van der Waals surface area (Å²) in [5.74, 6) is 1.48. The lowest BCUT2D eigenvalue weighted by molar-refractivity contribution is -0.0762. The highest BCUT2D eigenvalue weighted by Crippen LogP contribution is 2.30. The van der Waals surface area contributed by atoms with Crippen LogP contribution in [0.1, 0.15) is 79.1 Å². The number of rotatable bonds is 7. The molecule has 1 radical (unpaired) electrons. The zero-order valence-corrected chi connectivity index (χ0v) is 15.8. The monoisotopic (exact) mass is 324 g/mol. The van der Waals surface area contributed by atoms with Gasteiger partial charge in [-0.05, 0) is 63.2 Å². The van der Waals surface area contributed by atoms with Crippen LogP contribution in [0.2, 0.25) is 0 Å². The standard InChI is InChI=1S/C20H38NO2/c1-15(2)13-21(14-16(3)4)17-5-9-19(10-6-17)23-20-11-7-18(22)8-12-20/h15-20H,5-14H2,1-4H3. The highest BCUT2D eigenvalue weighted by Gasteiger charge is 2.29. The molecule has 0 aliphatic heterocycles. The van der Waals surface area contributed by atoms with Crippen LogP contribution in [0.3, 0.4) is 0 Å². The van der Waals surface area contributed by atoms with Crippen molar-refractivity contribution < 1.29 is 9.84 Å². The van der Waals surface area contributed by atoms with Gasteiger partial charge in [-0.25, -0.2) is 5.11 Å². The molecule has 0 amide bonds. The molecule has 0 aromatic heterocycles. The minimum atomic E-state index is -0.328. The molecule has 0 spiro atoms. The fraction of sp³-hybridized carbons (Fsp3) is 1.00. The number of hydrogen-bond acceptors (Lipinski definition) is 2. The Morgan fingerprint density at radius 1 is 0.783 bits per heavy atom. The van der Waals surface area contributed by atoms with E-state index >= 15 is 0 Å². The van der Waals surface area contributed by atoms with Crippen molar-refractivity contribution in [1.82, 2.24) is 4.90 Å². The fourth-order valence-corrected chi connectivity index (χ4v) is 4.30. The van der Waals surface area contributed by atoms with E-state index in [1.807, 2.05) is 0 Å². The molecule has 0 heterocycles. The zero-order chi connectivity index (χ0) is 16.8. The first-order chi connectivity index (χ1) is 10.9. The molecule has 2 aliphatic rings. The first-order valence-electron chi connectivity index (χ1n) is 9.99. The Kier molecular flexibility index (Phi) is 7.84. The third-order valence-corrected chi connectivity index (χ3v) is 5.37. The Morgan fingerprint density at radius 3 is 1.65 bits per heavy atom. The van der Waals surface area contributed by atoms with Gasteiger partial charge < -0.3 is 4.74 Å². The summed E-state index contributed by atoms with van der Waals surface area (Å²) in [6, 6.07) is 0.747. The van der Waals surface area contributed by atoms with Crippen LogP contribution in [-0.2, 0) is 9.84 Å². The van der Waals surface area contributed by atoms with Crippen molar-refractivity contribution >= 4 is 0 Å². The predicted molar refractivity (Wildman–Crippen MR) is 95.1 cm³/mol. The lowest BCUT2D eigenvalue weighted by Gasteiger charge is -2.39. The topological polar surface area (TPSA) is 32.4 Å². The van der Waals surface area contributed by atoms with E-state index in [4.69, 9.17) is 4.74 Å². The first-order valence-corrected chi connectivity index (χ1v) is 9.99. The Bertz CT molecular complexity index is 306. The molecule has 0 bridgehead atoms. The van der Waals surface area contributed by atoms with Crippen molar-refractivity contribution in [2.45, 2.75) is 103 Å². The van der Waals surface area contributed by atoms with Crippen LogP contribution in [-0.4, -0.2) is 42.3 Å². The quantitative estimate of drug-likeness (QED) is 0.681. The Morgan fingerprint density at radius 2 is 1.22 bits per heavy atom. The lowest BCUT2D eigenvalue weighted by Crippen LogP contribution is -2.43. The highest BCUT2D eigenvalue weighted by atomic mass is 16.5. The van der Waals surface area contributed by atoms with Crippen molar-refractivity contribution in [2.75, 3.05) is 13.1 Å². The van der Waals surface area contributed by atoms with Crippen LogP contribution < -0.4 is 0 Å². The average molecular weight is 325 g/mol. The van der Waals surface area contributed by atoms with Gasteiger partial charge in [0.05, 0.1) is 18.3 Å². The summed E-state index contributed by atoms with van der Waals surface area (Å²) >= 11 is 0. The normalized spacial score (nSPS) is 32.9. The molecule has 2 aliphatic carbocycles. The molecule has 0 aromatic carbocycles. The van der Waals surface area contributed by atoms with Gasteiger partial charge in [-0.1, -0.05) is 27.7 Å². The maximum Gasteiger partial charge on any atom is 0.0932 e. The second-order valence-electron chi connectivity index (χ2n) is 8.71. The molecule has 0 aromatic rings. The molecule has 2 fully saturated rings. The van der Waals surface area contributed by atoms with Gasteiger partial charge in [-0.2, -0.15) is 0 Å². The molecule has 0 N–H and O–H groups in total. The zero-order valence-electron chi connectivity index (χ0n) is 15.8. The summed E-state index contributed by atoms with van der Waals surface area (Å²) in [6.07, 6.45) is 9.05. The maximum atomic E-state index is 11.4. The fourth-order valence-electron chi connectivity index (χ4n) is 4.30. The van der Waals surface area contributed by atoms with Crippen molar-refractivity contribution in [3.63, 3.8) is 0 Å². The average Bonchev–Trinajstić information content (AvgIpc) is 2.49. The van der Waals surface area contributed by atoms with Gasteiger partial charge in [0, 0.05) is 19.1 Å². The Labute approximate surface area is 143 Å². The minimum Gasteiger partial charge on any atom is -0.375 e. The molecule has 2 saturated carbocycles. The van der Waals surface area contributed by atoms with E-state index in [1.165, 1.54) is 38.8 Å². The van der Waals surface area contributed by atoms with Gasteiger partial charge in [0.15, 0.2) is 0 Å². The third kappa shape index (κ3) is 6.72. The molecule has 135 valence electrons. The van der Waals surface area contributed by atoms with E-state index in [1.54, 1.807) is 0 Å². The minimum absolute atomic E-state index is 0.328. The predicted octanol–water partition coefficient (Wildman–Crippen LogP) is 4.67. The summed E-state index contributed by atoms with van der Waals surface area (Å²) in [7, 11) is 0. The lowest BCUT2D eigenvalue weighted by atomic mass is 9.89. The van der Waals surface area contributed by atoms with Gasteiger partial charge in [-0.3, -0.25) is 4.90 Å². The van der Waals surface area contributed by atoms with Crippen LogP contribution in [0.5, 0.6) is 0 Å². The Hall–Kier alpha value is -0.120. The number of nitrogens with zero attached hydrogens (tertiary/aromatic N) is 1. The molecular weight excluding hydrogens is 286 g/mol. The summed E-state index contributed by atoms with van der Waals surface area (Å²) in [5, 5.41) is 11.4. The van der Waals surface area contributed by atoms with Crippen molar-refractivity contribution in [3.05, 3.63) is 0 Å². The summed E-state index contributed by atoms with van der Waals surface area (Å²) < 4.78 is 6.31. The van der Waals surface area contributed by atoms with Gasteiger partial charge in [0.2, 0.25) is 0 Å². The second-order valence-corrected chi connectivity index (χ2v) is 8.71. The second kappa shape index (κ2) is 9.39. The first kappa shape index (κ1) is 19.2. The van der Waals surface area contributed by atoms with Gasteiger partial charge in [0.25, 0.3) is 0 Å². The van der Waals surface area contributed by atoms with E-state index in [0.29, 0.717) is 12.2 Å². The number of hydrogen-bond donors (Lipinski definition) is 0. The van der Waals surface area contributed by atoms with E-state index in [2.05, 4.69) is 32.6 Å². The van der Waals surface area contributed by atoms with Crippen LogP contribution in [0.25, 0.3) is 0 Å². The van der Waals surface area contributed by atoms with Crippen molar-refractivity contribution in [3.8, 4) is 0 Å². The summed E-state index contributed by atoms with van der Waals surface area (Å²) in [5.41, 5.74) is 0. The molecule has 3 nitrogen and oxygen atoms in total. The van der Waals surface area contributed by atoms with Crippen LogP contribution in [0.4, 0.5) is 0 Å². The smallest absolute Gasteiger partial charge is 0.0932 e. The third-order valence-electron chi connectivity index (χ3n) is 5.37. The molecular formula is C20H38NO2. The van der Waals surface area contributed by atoms with Gasteiger partial charge in [0.1, 0.15) is 0 Å². The van der Waals surface area contributed by atoms with Gasteiger partial charge >= 0.3 is 0 Å². The molecule has 2 rings (SSSR count). The summed E-state index contributed by atoms with van der Waals surface area (Å²) in [6.45, 7) is 11.8. The van der Waals surface area contributed by atoms with Crippen LogP contribution >= 0.6 is 0 Å². The molecule has 3 heteroatoms. The largest absolute Gasteiger partial charge is 0.375 e. The molecule has 0 unspecified atom stereocenters. The van der Waals surface area contributed by atoms with E-state index in [9.17, 15) is 5.11 Å². The highest BCUT2D eigenvalue weighted by molar-refractivity contribution is 4.82.